The fourth-order valence-corrected chi connectivity index (χ4v) is 6.44. The van der Waals surface area contributed by atoms with Crippen molar-refractivity contribution in [1.29, 1.82) is 0 Å². The lowest BCUT2D eigenvalue weighted by molar-refractivity contribution is 0.102. The van der Waals surface area contributed by atoms with Crippen molar-refractivity contribution >= 4 is 43.3 Å². The molecule has 0 fully saturated rings. The topological polar surface area (TPSA) is 138 Å². The minimum atomic E-state index is -3.92. The molecular weight excluding hydrogens is 514 g/mol. The van der Waals surface area contributed by atoms with Crippen molar-refractivity contribution < 1.29 is 21.6 Å². The van der Waals surface area contributed by atoms with Crippen LogP contribution in [0.25, 0.3) is 0 Å². The number of hydrogen-bond donors (Lipinski definition) is 2. The Labute approximate surface area is 214 Å². The average molecular weight is 536 g/mol. The molecule has 4 aromatic rings. The van der Waals surface area contributed by atoms with Gasteiger partial charge in [0, 0.05) is 30.2 Å². The van der Waals surface area contributed by atoms with Gasteiger partial charge >= 0.3 is 0 Å². The number of fused-ring (bicyclic) bond motifs is 1. The van der Waals surface area contributed by atoms with E-state index in [4.69, 9.17) is 0 Å². The molecule has 0 atom stereocenters. The Kier molecular flexibility index (Phi) is 6.36. The Bertz CT molecular complexity index is 1680. The number of anilines is 3. The van der Waals surface area contributed by atoms with Crippen LogP contribution in [-0.2, 0) is 26.5 Å². The van der Waals surface area contributed by atoms with Crippen LogP contribution in [0.5, 0.6) is 0 Å². The number of sulfonamides is 2. The number of nitrogens with one attached hydrogen (secondary N) is 2. The van der Waals surface area contributed by atoms with Crippen LogP contribution in [0.1, 0.15) is 15.9 Å². The van der Waals surface area contributed by atoms with Crippen LogP contribution in [0, 0.1) is 0 Å². The summed E-state index contributed by atoms with van der Waals surface area (Å²) in [6, 6.07) is 20.2. The standard InChI is InChI=1S/C25H21N5O5S2/c31-24(28-20-9-11-21(12-10-20)36(32,33)29-25-26-14-4-15-27-25)19-6-3-7-22(17-19)37(34,35)30-16-13-18-5-1-2-8-23(18)30/h1-12,14-15,17H,13,16H2,(H,28,31)(H,26,27,29). The van der Waals surface area contributed by atoms with E-state index in [0.29, 0.717) is 24.3 Å². The molecule has 0 bridgehead atoms. The van der Waals surface area contributed by atoms with Gasteiger partial charge in [0.05, 0.1) is 15.5 Å². The summed E-state index contributed by atoms with van der Waals surface area (Å²) in [7, 11) is -7.78. The van der Waals surface area contributed by atoms with Gasteiger partial charge in [-0.25, -0.2) is 31.5 Å². The third kappa shape index (κ3) is 5.01. The van der Waals surface area contributed by atoms with Crippen LogP contribution >= 0.6 is 0 Å². The molecule has 5 rings (SSSR count). The van der Waals surface area contributed by atoms with Crippen molar-refractivity contribution in [2.24, 2.45) is 0 Å². The summed E-state index contributed by atoms with van der Waals surface area (Å²) in [5.41, 5.74) is 2.08. The van der Waals surface area contributed by atoms with Gasteiger partial charge in [-0.1, -0.05) is 24.3 Å². The van der Waals surface area contributed by atoms with Crippen LogP contribution < -0.4 is 14.3 Å². The largest absolute Gasteiger partial charge is 0.322 e. The Balaban J connectivity index is 1.31. The zero-order valence-corrected chi connectivity index (χ0v) is 20.9. The normalized spacial score (nSPS) is 13.1. The van der Waals surface area contributed by atoms with Crippen LogP contribution in [0.4, 0.5) is 17.3 Å². The molecule has 1 amide bonds. The summed E-state index contributed by atoms with van der Waals surface area (Å²) in [4.78, 5) is 20.5. The molecule has 1 aliphatic heterocycles. The summed E-state index contributed by atoms with van der Waals surface area (Å²) >= 11 is 0. The number of carbonyl (C=O) groups excluding carboxylic acids is 1. The maximum absolute atomic E-state index is 13.3. The second kappa shape index (κ2) is 9.64. The zero-order valence-electron chi connectivity index (χ0n) is 19.3. The first-order valence-electron chi connectivity index (χ1n) is 11.2. The van der Waals surface area contributed by atoms with Crippen molar-refractivity contribution in [3.8, 4) is 0 Å². The first-order valence-corrected chi connectivity index (χ1v) is 14.1. The predicted octanol–water partition coefficient (Wildman–Crippen LogP) is 3.28. The van der Waals surface area contributed by atoms with Gasteiger partial charge in [-0.05, 0) is 66.6 Å². The number of carbonyl (C=O) groups is 1. The van der Waals surface area contributed by atoms with Crippen molar-refractivity contribution in [3.05, 3.63) is 102 Å². The van der Waals surface area contributed by atoms with E-state index >= 15 is 0 Å². The first-order chi connectivity index (χ1) is 17.7. The smallest absolute Gasteiger partial charge is 0.264 e. The maximum atomic E-state index is 13.3. The number of aromatic nitrogens is 2. The minimum absolute atomic E-state index is 0.00694. The van der Waals surface area contributed by atoms with Crippen LogP contribution in [0.3, 0.4) is 0 Å². The number of amides is 1. The van der Waals surface area contributed by atoms with Crippen LogP contribution in [0.15, 0.2) is 101 Å². The first kappa shape index (κ1) is 24.4. The van der Waals surface area contributed by atoms with E-state index in [1.807, 2.05) is 12.1 Å². The summed E-state index contributed by atoms with van der Waals surface area (Å²) in [5.74, 6) is -0.600. The third-order valence-corrected chi connectivity index (χ3v) is 8.90. The number of nitrogens with zero attached hydrogens (tertiary/aromatic N) is 3. The van der Waals surface area contributed by atoms with E-state index in [-0.39, 0.29) is 21.3 Å². The highest BCUT2D eigenvalue weighted by molar-refractivity contribution is 7.93. The molecule has 0 unspecified atom stereocenters. The highest BCUT2D eigenvalue weighted by atomic mass is 32.2. The number of rotatable bonds is 7. The molecule has 0 saturated carbocycles. The lowest BCUT2D eigenvalue weighted by atomic mass is 10.2. The van der Waals surface area contributed by atoms with E-state index in [2.05, 4.69) is 20.0 Å². The molecule has 3 aromatic carbocycles. The SMILES string of the molecule is O=C(Nc1ccc(S(=O)(=O)Nc2ncccn2)cc1)c1cccc(S(=O)(=O)N2CCc3ccccc32)c1. The van der Waals surface area contributed by atoms with Gasteiger partial charge in [0.15, 0.2) is 0 Å². The van der Waals surface area contributed by atoms with Gasteiger partial charge in [-0.3, -0.25) is 9.10 Å². The molecule has 0 saturated heterocycles. The van der Waals surface area contributed by atoms with Gasteiger partial charge in [-0.15, -0.1) is 0 Å². The van der Waals surface area contributed by atoms with E-state index < -0.39 is 26.0 Å². The van der Waals surface area contributed by atoms with E-state index in [9.17, 15) is 21.6 Å². The lowest BCUT2D eigenvalue weighted by Crippen LogP contribution is -2.29. The Morgan fingerprint density at radius 1 is 0.811 bits per heavy atom. The number of benzene rings is 3. The second-order valence-electron chi connectivity index (χ2n) is 8.14. The van der Waals surface area contributed by atoms with Crippen molar-refractivity contribution in [3.63, 3.8) is 0 Å². The van der Waals surface area contributed by atoms with Gasteiger partial charge in [0.1, 0.15) is 0 Å². The van der Waals surface area contributed by atoms with Gasteiger partial charge < -0.3 is 5.32 Å². The number of hydrogen-bond acceptors (Lipinski definition) is 7. The second-order valence-corrected chi connectivity index (χ2v) is 11.7. The molecule has 0 spiro atoms. The van der Waals surface area contributed by atoms with Crippen molar-refractivity contribution in [2.75, 3.05) is 20.9 Å². The molecule has 1 aromatic heterocycles. The third-order valence-electron chi connectivity index (χ3n) is 5.74. The maximum Gasteiger partial charge on any atom is 0.264 e. The summed E-state index contributed by atoms with van der Waals surface area (Å²) in [5, 5.41) is 2.66. The van der Waals surface area contributed by atoms with E-state index in [0.717, 1.165) is 5.56 Å². The van der Waals surface area contributed by atoms with Gasteiger partial charge in [0.2, 0.25) is 5.95 Å². The minimum Gasteiger partial charge on any atom is -0.322 e. The predicted molar refractivity (Wildman–Crippen MR) is 138 cm³/mol. The summed E-state index contributed by atoms with van der Waals surface area (Å²) in [6.45, 7) is 0.332. The average Bonchev–Trinajstić information content (AvgIpc) is 3.35. The van der Waals surface area contributed by atoms with E-state index in [1.54, 1.807) is 18.2 Å². The molecule has 1 aliphatic rings. The van der Waals surface area contributed by atoms with Crippen molar-refractivity contribution in [1.82, 2.24) is 9.97 Å². The molecule has 12 heteroatoms. The molecule has 188 valence electrons. The molecule has 10 nitrogen and oxygen atoms in total. The summed E-state index contributed by atoms with van der Waals surface area (Å²) in [6.07, 6.45) is 3.44. The van der Waals surface area contributed by atoms with Crippen LogP contribution in [0.2, 0.25) is 0 Å². The van der Waals surface area contributed by atoms with Gasteiger partial charge in [0.25, 0.3) is 26.0 Å². The van der Waals surface area contributed by atoms with Gasteiger partial charge in [-0.2, -0.15) is 0 Å². The fraction of sp³-hybridized carbons (Fsp3) is 0.0800. The Hall–Kier alpha value is -4.29. The fourth-order valence-electron chi connectivity index (χ4n) is 3.93. The Morgan fingerprint density at radius 2 is 1.54 bits per heavy atom. The molecule has 2 heterocycles. The lowest BCUT2D eigenvalue weighted by Gasteiger charge is -2.20. The van der Waals surface area contributed by atoms with Crippen molar-refractivity contribution in [2.45, 2.75) is 16.2 Å². The number of para-hydroxylation sites is 1. The monoisotopic (exact) mass is 535 g/mol. The molecule has 0 radical (unpaired) electrons. The zero-order chi connectivity index (χ0) is 26.0. The molecule has 37 heavy (non-hydrogen) atoms. The quantitative estimate of drug-likeness (QED) is 0.370. The highest BCUT2D eigenvalue weighted by Gasteiger charge is 2.31. The molecule has 2 N–H and O–H groups in total. The Morgan fingerprint density at radius 3 is 2.30 bits per heavy atom. The molecular formula is C25H21N5O5S2. The summed E-state index contributed by atoms with van der Waals surface area (Å²) < 4.78 is 55.3. The highest BCUT2D eigenvalue weighted by Crippen LogP contribution is 2.32. The molecule has 0 aliphatic carbocycles. The van der Waals surface area contributed by atoms with Crippen LogP contribution in [-0.4, -0.2) is 39.3 Å². The van der Waals surface area contributed by atoms with E-state index in [1.165, 1.54) is 65.2 Å².